The number of rotatable bonds is 2. The number of hydrogen-bond donors (Lipinski definition) is 0. The van der Waals surface area contributed by atoms with Crippen molar-refractivity contribution in [3.05, 3.63) is 35.4 Å². The van der Waals surface area contributed by atoms with Gasteiger partial charge in [0.15, 0.2) is 0 Å². The molecule has 0 unspecified atom stereocenters. The van der Waals surface area contributed by atoms with Gasteiger partial charge in [-0.1, -0.05) is 35.4 Å². The molecule has 0 N–H and O–H groups in total. The van der Waals surface area contributed by atoms with E-state index in [1.165, 1.54) is 0 Å². The normalized spacial score (nSPS) is 24.1. The Morgan fingerprint density at radius 2 is 0.767 bits per heavy atom. The van der Waals surface area contributed by atoms with Gasteiger partial charge in [-0.25, -0.2) is 0 Å². The van der Waals surface area contributed by atoms with Gasteiger partial charge in [-0.05, 0) is 90.9 Å². The fraction of sp³-hybridized carbons (Fsp3) is 0.583. The Kier molecular flexibility index (Phi) is 4.80. The summed E-state index contributed by atoms with van der Waals surface area (Å²) < 4.78 is 25.7. The van der Waals surface area contributed by atoms with Crippen LogP contribution in [0.2, 0.25) is 0 Å². The number of aryl methyl sites for hydroxylation is 2. The van der Waals surface area contributed by atoms with E-state index >= 15 is 0 Å². The van der Waals surface area contributed by atoms with Gasteiger partial charge >= 0.3 is 14.2 Å². The van der Waals surface area contributed by atoms with E-state index in [-0.39, 0.29) is 22.4 Å². The van der Waals surface area contributed by atoms with Crippen molar-refractivity contribution in [3.8, 4) is 0 Å². The Morgan fingerprint density at radius 3 is 1.03 bits per heavy atom. The highest BCUT2D eigenvalue weighted by Gasteiger charge is 2.54. The fourth-order valence-electron chi connectivity index (χ4n) is 4.22. The summed E-state index contributed by atoms with van der Waals surface area (Å²) in [5.74, 6) is 0. The molecule has 2 saturated heterocycles. The van der Waals surface area contributed by atoms with Crippen LogP contribution in [0.15, 0.2) is 24.3 Å². The van der Waals surface area contributed by atoms with Gasteiger partial charge in [-0.2, -0.15) is 0 Å². The van der Waals surface area contributed by atoms with Crippen molar-refractivity contribution in [2.24, 2.45) is 0 Å². The summed E-state index contributed by atoms with van der Waals surface area (Å²) in [5, 5.41) is 2.26. The average molecular weight is 408 g/mol. The van der Waals surface area contributed by atoms with Crippen molar-refractivity contribution in [1.29, 1.82) is 0 Å². The molecule has 2 aromatic carbocycles. The standard InChI is InChI=1S/C24H34B2O4/c1-15-11-13-18-17(19(15)25-27-21(3,4)22(5,6)28-25)14-12-16(2)20(18)26-29-23(7,8)24(9,10)30-26/h11-14H,1-10H3. The van der Waals surface area contributed by atoms with Crippen LogP contribution in [0.25, 0.3) is 10.8 Å². The van der Waals surface area contributed by atoms with E-state index in [0.29, 0.717) is 0 Å². The van der Waals surface area contributed by atoms with E-state index in [1.807, 2.05) is 0 Å². The smallest absolute Gasteiger partial charge is 0.399 e. The van der Waals surface area contributed by atoms with Gasteiger partial charge in [-0.15, -0.1) is 0 Å². The van der Waals surface area contributed by atoms with Crippen molar-refractivity contribution in [1.82, 2.24) is 0 Å². The second-order valence-corrected chi connectivity index (χ2v) is 10.9. The quantitative estimate of drug-likeness (QED) is 0.703. The summed E-state index contributed by atoms with van der Waals surface area (Å²) >= 11 is 0. The lowest BCUT2D eigenvalue weighted by atomic mass is 9.68. The highest BCUT2D eigenvalue weighted by atomic mass is 16.7. The van der Waals surface area contributed by atoms with Crippen molar-refractivity contribution in [2.75, 3.05) is 0 Å². The van der Waals surface area contributed by atoms with Crippen LogP contribution >= 0.6 is 0 Å². The maximum Gasteiger partial charge on any atom is 0.495 e. The Bertz CT molecular complexity index is 897. The molecule has 2 aromatic rings. The number of benzene rings is 2. The minimum atomic E-state index is -0.410. The predicted molar refractivity (Wildman–Crippen MR) is 125 cm³/mol. The maximum atomic E-state index is 6.42. The molecule has 4 rings (SSSR count). The Labute approximate surface area is 181 Å². The predicted octanol–water partition coefficient (Wildman–Crippen LogP) is 4.06. The summed E-state index contributed by atoms with van der Waals surface area (Å²) in [6.07, 6.45) is 0. The van der Waals surface area contributed by atoms with Crippen LogP contribution in [-0.2, 0) is 18.6 Å². The summed E-state index contributed by atoms with van der Waals surface area (Å²) in [6, 6.07) is 8.65. The Balaban J connectivity index is 1.87. The van der Waals surface area contributed by atoms with Crippen LogP contribution in [0.3, 0.4) is 0 Å². The molecular formula is C24H34B2O4. The molecule has 0 radical (unpaired) electrons. The molecule has 2 heterocycles. The second-order valence-electron chi connectivity index (χ2n) is 10.9. The highest BCUT2D eigenvalue weighted by Crippen LogP contribution is 2.39. The molecule has 0 saturated carbocycles. The molecule has 0 aromatic heterocycles. The zero-order chi connectivity index (χ0) is 22.3. The van der Waals surface area contributed by atoms with Crippen LogP contribution < -0.4 is 10.9 Å². The first-order valence-electron chi connectivity index (χ1n) is 10.9. The Hall–Kier alpha value is -1.33. The maximum absolute atomic E-state index is 6.42. The third-order valence-electron chi connectivity index (χ3n) is 7.70. The molecule has 30 heavy (non-hydrogen) atoms. The number of fused-ring (bicyclic) bond motifs is 1. The lowest BCUT2D eigenvalue weighted by Gasteiger charge is -2.32. The molecule has 6 heteroatoms. The van der Waals surface area contributed by atoms with Gasteiger partial charge in [-0.3, -0.25) is 0 Å². The van der Waals surface area contributed by atoms with Crippen molar-refractivity contribution >= 4 is 35.9 Å². The van der Waals surface area contributed by atoms with Gasteiger partial charge in [0, 0.05) is 0 Å². The second kappa shape index (κ2) is 6.58. The van der Waals surface area contributed by atoms with E-state index in [4.69, 9.17) is 18.6 Å². The van der Waals surface area contributed by atoms with Gasteiger partial charge < -0.3 is 18.6 Å². The lowest BCUT2D eigenvalue weighted by Crippen LogP contribution is -2.41. The molecule has 160 valence electrons. The largest absolute Gasteiger partial charge is 0.495 e. The van der Waals surface area contributed by atoms with Crippen LogP contribution in [0.4, 0.5) is 0 Å². The summed E-state index contributed by atoms with van der Waals surface area (Å²) in [7, 11) is -0.819. The van der Waals surface area contributed by atoms with Crippen molar-refractivity contribution in [3.63, 3.8) is 0 Å². The molecule has 4 nitrogen and oxygen atoms in total. The van der Waals surface area contributed by atoms with Gasteiger partial charge in [0.1, 0.15) is 0 Å². The van der Waals surface area contributed by atoms with Crippen LogP contribution in [0.1, 0.15) is 66.5 Å². The SMILES string of the molecule is Cc1ccc2c(B3OC(C)(C)C(C)(C)O3)c(C)ccc2c1B1OC(C)(C)C(C)(C)O1. The van der Waals surface area contributed by atoms with E-state index < -0.39 is 14.2 Å². The summed E-state index contributed by atoms with van der Waals surface area (Å²) in [6.45, 7) is 21.0. The zero-order valence-electron chi connectivity index (χ0n) is 20.1. The molecule has 0 bridgehead atoms. The summed E-state index contributed by atoms with van der Waals surface area (Å²) in [5.41, 5.74) is 2.95. The van der Waals surface area contributed by atoms with Crippen molar-refractivity contribution in [2.45, 2.75) is 91.6 Å². The topological polar surface area (TPSA) is 36.9 Å². The number of hydrogen-bond acceptors (Lipinski definition) is 4. The first-order valence-corrected chi connectivity index (χ1v) is 10.9. The fourth-order valence-corrected chi connectivity index (χ4v) is 4.22. The van der Waals surface area contributed by atoms with Gasteiger partial charge in [0.05, 0.1) is 22.4 Å². The zero-order valence-corrected chi connectivity index (χ0v) is 20.1. The molecule has 0 amide bonds. The van der Waals surface area contributed by atoms with E-state index in [9.17, 15) is 0 Å². The van der Waals surface area contributed by atoms with Gasteiger partial charge in [0.25, 0.3) is 0 Å². The average Bonchev–Trinajstić information content (AvgIpc) is 2.93. The first kappa shape index (κ1) is 21.9. The molecule has 0 aliphatic carbocycles. The molecule has 2 fully saturated rings. The minimum Gasteiger partial charge on any atom is -0.399 e. The third kappa shape index (κ3) is 3.15. The lowest BCUT2D eigenvalue weighted by molar-refractivity contribution is 0.00578. The van der Waals surface area contributed by atoms with E-state index in [2.05, 4.69) is 93.5 Å². The van der Waals surface area contributed by atoms with Gasteiger partial charge in [0.2, 0.25) is 0 Å². The molecule has 2 aliphatic rings. The van der Waals surface area contributed by atoms with Crippen LogP contribution in [0.5, 0.6) is 0 Å². The van der Waals surface area contributed by atoms with Crippen LogP contribution in [0, 0.1) is 13.8 Å². The molecular weight excluding hydrogens is 374 g/mol. The first-order chi connectivity index (χ1) is 13.7. The Morgan fingerprint density at radius 1 is 0.500 bits per heavy atom. The van der Waals surface area contributed by atoms with E-state index in [1.54, 1.807) is 0 Å². The van der Waals surface area contributed by atoms with Crippen molar-refractivity contribution < 1.29 is 18.6 Å². The molecule has 0 atom stereocenters. The van der Waals surface area contributed by atoms with Crippen LogP contribution in [-0.4, -0.2) is 36.6 Å². The summed E-state index contributed by atoms with van der Waals surface area (Å²) in [4.78, 5) is 0. The highest BCUT2D eigenvalue weighted by molar-refractivity contribution is 6.69. The minimum absolute atomic E-state index is 0.383. The molecule has 2 aliphatic heterocycles. The third-order valence-corrected chi connectivity index (χ3v) is 7.70. The monoisotopic (exact) mass is 408 g/mol. The molecule has 0 spiro atoms. The van der Waals surface area contributed by atoms with E-state index in [0.717, 1.165) is 32.8 Å².